The van der Waals surface area contributed by atoms with Gasteiger partial charge in [-0.3, -0.25) is 4.79 Å². The first-order valence-electron chi connectivity index (χ1n) is 8.26. The second kappa shape index (κ2) is 6.90. The number of pyridine rings is 1. The van der Waals surface area contributed by atoms with E-state index < -0.39 is 0 Å². The van der Waals surface area contributed by atoms with Gasteiger partial charge in [0.1, 0.15) is 11.6 Å². The highest BCUT2D eigenvalue weighted by Gasteiger charge is 2.14. The van der Waals surface area contributed by atoms with Crippen molar-refractivity contribution in [2.24, 2.45) is 0 Å². The van der Waals surface area contributed by atoms with Crippen molar-refractivity contribution in [3.8, 4) is 17.2 Å². The molecule has 0 bridgehead atoms. The van der Waals surface area contributed by atoms with Crippen molar-refractivity contribution in [2.45, 2.75) is 13.3 Å². The first-order valence-corrected chi connectivity index (χ1v) is 8.26. The minimum Gasteiger partial charge on any atom is -0.370 e. The van der Waals surface area contributed by atoms with Gasteiger partial charge in [0.25, 0.3) is 5.56 Å². The van der Waals surface area contributed by atoms with E-state index in [9.17, 15) is 10.1 Å². The lowest BCUT2D eigenvalue weighted by molar-refractivity contribution is 0.360. The van der Waals surface area contributed by atoms with Crippen LogP contribution >= 0.6 is 0 Å². The maximum Gasteiger partial charge on any atom is 0.266 e. The maximum absolute atomic E-state index is 12.0. The number of aromatic amines is 1. The summed E-state index contributed by atoms with van der Waals surface area (Å²) in [6.45, 7) is 6.09. The molecule has 1 aromatic carbocycles. The summed E-state index contributed by atoms with van der Waals surface area (Å²) in [4.78, 5) is 19.4. The molecule has 0 atom stereocenters. The molecule has 1 fully saturated rings. The Labute approximate surface area is 142 Å². The van der Waals surface area contributed by atoms with Crippen molar-refractivity contribution in [3.05, 3.63) is 51.9 Å². The Morgan fingerprint density at radius 2 is 1.88 bits per heavy atom. The number of hydrogen-bond acceptors (Lipinski definition) is 4. The largest absolute Gasteiger partial charge is 0.370 e. The van der Waals surface area contributed by atoms with E-state index in [1.54, 1.807) is 0 Å². The highest BCUT2D eigenvalue weighted by molar-refractivity contribution is 5.72. The molecule has 1 saturated heterocycles. The second-order valence-corrected chi connectivity index (χ2v) is 6.37. The molecule has 1 aromatic heterocycles. The fourth-order valence-electron chi connectivity index (χ4n) is 3.18. The summed E-state index contributed by atoms with van der Waals surface area (Å²) in [5.41, 5.74) is 3.39. The van der Waals surface area contributed by atoms with Gasteiger partial charge in [-0.15, -0.1) is 0 Å². The number of likely N-dealkylation sites (N-methyl/N-ethyl adjacent to an activating group) is 1. The van der Waals surface area contributed by atoms with Crippen LogP contribution in [0.2, 0.25) is 0 Å². The van der Waals surface area contributed by atoms with Gasteiger partial charge in [-0.05, 0) is 50.7 Å². The molecule has 5 heteroatoms. The standard InChI is InChI=1S/C19H22N4O/c1-14-12-17(18(13-20)19(24)21-14)15-4-6-16(7-5-15)23-9-3-8-22(2)10-11-23/h4-7,12H,3,8-11H2,1-2H3,(H,21,24). The van der Waals surface area contributed by atoms with Crippen LogP contribution in [-0.2, 0) is 0 Å². The zero-order valence-electron chi connectivity index (χ0n) is 14.2. The predicted molar refractivity (Wildman–Crippen MR) is 96.3 cm³/mol. The summed E-state index contributed by atoms with van der Waals surface area (Å²) in [7, 11) is 2.16. The molecule has 2 heterocycles. The molecular weight excluding hydrogens is 300 g/mol. The summed E-state index contributed by atoms with van der Waals surface area (Å²) in [6, 6.07) is 12.0. The number of H-pyrrole nitrogens is 1. The topological polar surface area (TPSA) is 63.1 Å². The molecule has 5 nitrogen and oxygen atoms in total. The van der Waals surface area contributed by atoms with E-state index in [0.29, 0.717) is 5.56 Å². The third-order valence-electron chi connectivity index (χ3n) is 4.54. The summed E-state index contributed by atoms with van der Waals surface area (Å²) in [5, 5.41) is 9.28. The van der Waals surface area contributed by atoms with Gasteiger partial charge in [-0.2, -0.15) is 5.26 Å². The number of aromatic nitrogens is 1. The van der Waals surface area contributed by atoms with Gasteiger partial charge in [-0.1, -0.05) is 12.1 Å². The maximum atomic E-state index is 12.0. The minimum absolute atomic E-state index is 0.171. The first-order chi connectivity index (χ1) is 11.6. The fourth-order valence-corrected chi connectivity index (χ4v) is 3.18. The Bertz CT molecular complexity index is 817. The number of rotatable bonds is 2. The van der Waals surface area contributed by atoms with Crippen LogP contribution in [-0.4, -0.2) is 43.1 Å². The second-order valence-electron chi connectivity index (χ2n) is 6.37. The molecule has 0 radical (unpaired) electrons. The van der Waals surface area contributed by atoms with Crippen LogP contribution < -0.4 is 10.5 Å². The Morgan fingerprint density at radius 3 is 2.58 bits per heavy atom. The van der Waals surface area contributed by atoms with Crippen molar-refractivity contribution in [3.63, 3.8) is 0 Å². The van der Waals surface area contributed by atoms with Gasteiger partial charge in [0.15, 0.2) is 0 Å². The predicted octanol–water partition coefficient (Wildman–Crippen LogP) is 2.36. The molecular formula is C19H22N4O. The van der Waals surface area contributed by atoms with E-state index in [1.807, 2.05) is 31.2 Å². The normalized spacial score (nSPS) is 15.8. The van der Waals surface area contributed by atoms with Crippen molar-refractivity contribution in [2.75, 3.05) is 38.1 Å². The quantitative estimate of drug-likeness (QED) is 0.922. The van der Waals surface area contributed by atoms with Gasteiger partial charge in [0, 0.05) is 36.6 Å². The lowest BCUT2D eigenvalue weighted by atomic mass is 10.0. The Balaban J connectivity index is 1.90. The third-order valence-corrected chi connectivity index (χ3v) is 4.54. The van der Waals surface area contributed by atoms with Crippen LogP contribution in [0.15, 0.2) is 35.1 Å². The Morgan fingerprint density at radius 1 is 1.12 bits per heavy atom. The van der Waals surface area contributed by atoms with Gasteiger partial charge < -0.3 is 14.8 Å². The number of nitrogens with one attached hydrogen (secondary N) is 1. The summed E-state index contributed by atoms with van der Waals surface area (Å²) in [6.07, 6.45) is 1.16. The van der Waals surface area contributed by atoms with Gasteiger partial charge in [-0.25, -0.2) is 0 Å². The molecule has 0 unspecified atom stereocenters. The molecule has 1 N–H and O–H groups in total. The minimum atomic E-state index is -0.327. The van der Waals surface area contributed by atoms with Crippen molar-refractivity contribution in [1.82, 2.24) is 9.88 Å². The Hall–Kier alpha value is -2.58. The lowest BCUT2D eigenvalue weighted by Gasteiger charge is -2.23. The SMILES string of the molecule is Cc1cc(-c2ccc(N3CCCN(C)CC3)cc2)c(C#N)c(=O)[nH]1. The lowest BCUT2D eigenvalue weighted by Crippen LogP contribution is -2.28. The van der Waals surface area contributed by atoms with Gasteiger partial charge in [0.2, 0.25) is 0 Å². The number of nitrogens with zero attached hydrogens (tertiary/aromatic N) is 3. The van der Waals surface area contributed by atoms with Crippen molar-refractivity contribution in [1.29, 1.82) is 5.26 Å². The van der Waals surface area contributed by atoms with Gasteiger partial charge >= 0.3 is 0 Å². The number of hydrogen-bond donors (Lipinski definition) is 1. The monoisotopic (exact) mass is 322 g/mol. The van der Waals surface area contributed by atoms with E-state index in [4.69, 9.17) is 0 Å². The van der Waals surface area contributed by atoms with Crippen LogP contribution in [0.3, 0.4) is 0 Å². The number of nitriles is 1. The number of anilines is 1. The van der Waals surface area contributed by atoms with Crippen LogP contribution in [0.1, 0.15) is 17.7 Å². The molecule has 1 aliphatic rings. The van der Waals surface area contributed by atoms with Crippen molar-refractivity contribution < 1.29 is 0 Å². The van der Waals surface area contributed by atoms with Crippen molar-refractivity contribution >= 4 is 5.69 Å². The van der Waals surface area contributed by atoms with Crippen LogP contribution in [0.25, 0.3) is 11.1 Å². The molecule has 24 heavy (non-hydrogen) atoms. The first kappa shape index (κ1) is 16.3. The average molecular weight is 322 g/mol. The van der Waals surface area contributed by atoms with Crippen LogP contribution in [0.5, 0.6) is 0 Å². The number of aryl methyl sites for hydroxylation is 1. The summed E-state index contributed by atoms with van der Waals surface area (Å²) >= 11 is 0. The molecule has 2 aromatic rings. The van der Waals surface area contributed by atoms with E-state index in [2.05, 4.69) is 34.0 Å². The molecule has 0 saturated carbocycles. The smallest absolute Gasteiger partial charge is 0.266 e. The molecule has 1 aliphatic heterocycles. The molecule has 0 aliphatic carbocycles. The van der Waals surface area contributed by atoms with E-state index in [-0.39, 0.29) is 11.1 Å². The molecule has 0 spiro atoms. The highest BCUT2D eigenvalue weighted by atomic mass is 16.1. The van der Waals surface area contributed by atoms with Crippen LogP contribution in [0.4, 0.5) is 5.69 Å². The summed E-state index contributed by atoms with van der Waals surface area (Å²) < 4.78 is 0. The van der Waals surface area contributed by atoms with E-state index in [0.717, 1.165) is 43.9 Å². The Kier molecular flexibility index (Phi) is 4.68. The molecule has 3 rings (SSSR count). The van der Waals surface area contributed by atoms with Gasteiger partial charge in [0.05, 0.1) is 0 Å². The van der Waals surface area contributed by atoms with E-state index >= 15 is 0 Å². The van der Waals surface area contributed by atoms with E-state index in [1.165, 1.54) is 5.69 Å². The van der Waals surface area contributed by atoms with Crippen LogP contribution in [0, 0.1) is 18.3 Å². The fraction of sp³-hybridized carbons (Fsp3) is 0.368. The average Bonchev–Trinajstić information content (AvgIpc) is 2.79. The molecule has 0 amide bonds. The third kappa shape index (κ3) is 3.34. The zero-order chi connectivity index (χ0) is 17.1. The highest BCUT2D eigenvalue weighted by Crippen LogP contribution is 2.25. The zero-order valence-corrected chi connectivity index (χ0v) is 14.2. The molecule has 124 valence electrons. The summed E-state index contributed by atoms with van der Waals surface area (Å²) in [5.74, 6) is 0. The number of benzene rings is 1.